The predicted octanol–water partition coefficient (Wildman–Crippen LogP) is 4.29. The molecular weight excluding hydrogens is 418 g/mol. The molecule has 0 bridgehead atoms. The first-order valence-corrected chi connectivity index (χ1v) is 10.8. The molecule has 0 aliphatic rings. The monoisotopic (exact) mass is 439 g/mol. The van der Waals surface area contributed by atoms with Gasteiger partial charge in [-0.1, -0.05) is 24.3 Å². The van der Waals surface area contributed by atoms with Crippen LogP contribution >= 0.6 is 0 Å². The van der Waals surface area contributed by atoms with Crippen LogP contribution in [0.5, 0.6) is 0 Å². The van der Waals surface area contributed by atoms with Crippen molar-refractivity contribution in [3.63, 3.8) is 0 Å². The van der Waals surface area contributed by atoms with E-state index in [0.717, 1.165) is 9.87 Å². The Morgan fingerprint density at radius 2 is 1.68 bits per heavy atom. The molecule has 0 fully saturated rings. The SMILES string of the molecule is Cc1cccc(N(C)S(=O)(=O)c2cccc(C(=O)Nc3cccc([N+](=O)[O-])c3C)c2)c1. The van der Waals surface area contributed by atoms with E-state index in [2.05, 4.69) is 5.32 Å². The highest BCUT2D eigenvalue weighted by atomic mass is 32.2. The molecule has 0 spiro atoms. The minimum absolute atomic E-state index is 0.0417. The van der Waals surface area contributed by atoms with Gasteiger partial charge in [0.2, 0.25) is 0 Å². The second kappa shape index (κ2) is 8.57. The molecule has 0 saturated heterocycles. The third-order valence-corrected chi connectivity index (χ3v) is 6.65. The summed E-state index contributed by atoms with van der Waals surface area (Å²) in [5, 5.41) is 13.7. The first-order valence-electron chi connectivity index (χ1n) is 9.32. The number of rotatable bonds is 6. The average Bonchev–Trinajstić information content (AvgIpc) is 2.74. The lowest BCUT2D eigenvalue weighted by Gasteiger charge is -2.20. The number of anilines is 2. The Balaban J connectivity index is 1.90. The van der Waals surface area contributed by atoms with Crippen LogP contribution in [0.3, 0.4) is 0 Å². The maximum Gasteiger partial charge on any atom is 0.274 e. The highest BCUT2D eigenvalue weighted by Gasteiger charge is 2.23. The molecule has 0 unspecified atom stereocenters. The van der Waals surface area contributed by atoms with Crippen LogP contribution in [0.2, 0.25) is 0 Å². The van der Waals surface area contributed by atoms with Crippen LogP contribution in [-0.4, -0.2) is 26.3 Å². The van der Waals surface area contributed by atoms with Crippen molar-refractivity contribution < 1.29 is 18.1 Å². The first-order chi connectivity index (χ1) is 14.6. The number of nitro benzene ring substituents is 1. The maximum atomic E-state index is 13.1. The summed E-state index contributed by atoms with van der Waals surface area (Å²) in [7, 11) is -2.45. The van der Waals surface area contributed by atoms with Crippen LogP contribution in [0, 0.1) is 24.0 Å². The molecule has 0 aliphatic carbocycles. The van der Waals surface area contributed by atoms with Crippen molar-refractivity contribution in [1.82, 2.24) is 0 Å². The number of nitrogens with zero attached hydrogens (tertiary/aromatic N) is 2. The van der Waals surface area contributed by atoms with Gasteiger partial charge in [0.15, 0.2) is 0 Å². The number of aryl methyl sites for hydroxylation is 1. The third-order valence-electron chi connectivity index (χ3n) is 4.87. The van der Waals surface area contributed by atoms with Gasteiger partial charge in [-0.2, -0.15) is 0 Å². The molecule has 0 aromatic heterocycles. The number of hydrogen-bond donors (Lipinski definition) is 1. The van der Waals surface area contributed by atoms with Crippen LogP contribution in [0.15, 0.2) is 71.6 Å². The van der Waals surface area contributed by atoms with E-state index in [9.17, 15) is 23.3 Å². The number of nitro groups is 1. The van der Waals surface area contributed by atoms with E-state index in [-0.39, 0.29) is 21.8 Å². The van der Waals surface area contributed by atoms with Crippen LogP contribution in [0.25, 0.3) is 0 Å². The van der Waals surface area contributed by atoms with Crippen molar-refractivity contribution in [3.05, 3.63) is 93.5 Å². The number of hydrogen-bond acceptors (Lipinski definition) is 5. The largest absolute Gasteiger partial charge is 0.321 e. The van der Waals surface area contributed by atoms with Gasteiger partial charge < -0.3 is 5.32 Å². The van der Waals surface area contributed by atoms with Crippen molar-refractivity contribution in [1.29, 1.82) is 0 Å². The number of carbonyl (C=O) groups is 1. The molecule has 0 saturated carbocycles. The Kier molecular flexibility index (Phi) is 6.07. The summed E-state index contributed by atoms with van der Waals surface area (Å²) in [5.41, 5.74) is 2.01. The molecule has 160 valence electrons. The summed E-state index contributed by atoms with van der Waals surface area (Å²) in [6.45, 7) is 3.40. The fourth-order valence-electron chi connectivity index (χ4n) is 3.07. The molecule has 31 heavy (non-hydrogen) atoms. The average molecular weight is 439 g/mol. The van der Waals surface area contributed by atoms with E-state index in [4.69, 9.17) is 0 Å². The number of benzene rings is 3. The van der Waals surface area contributed by atoms with Gasteiger partial charge in [0.05, 0.1) is 26.8 Å². The number of amides is 1. The van der Waals surface area contributed by atoms with Gasteiger partial charge in [-0.25, -0.2) is 8.42 Å². The molecule has 9 heteroatoms. The van der Waals surface area contributed by atoms with Crippen molar-refractivity contribution >= 4 is 33.0 Å². The fourth-order valence-corrected chi connectivity index (χ4v) is 4.30. The van der Waals surface area contributed by atoms with Crippen LogP contribution < -0.4 is 9.62 Å². The Bertz CT molecular complexity index is 1270. The van der Waals surface area contributed by atoms with Crippen LogP contribution in [0.1, 0.15) is 21.5 Å². The third kappa shape index (κ3) is 4.56. The lowest BCUT2D eigenvalue weighted by Crippen LogP contribution is -2.27. The molecule has 3 aromatic carbocycles. The lowest BCUT2D eigenvalue weighted by atomic mass is 10.1. The molecule has 0 atom stereocenters. The van der Waals surface area contributed by atoms with E-state index in [1.54, 1.807) is 24.3 Å². The Labute approximate surface area is 180 Å². The van der Waals surface area contributed by atoms with E-state index in [0.29, 0.717) is 11.3 Å². The summed E-state index contributed by atoms with van der Waals surface area (Å²) in [5.74, 6) is -0.571. The van der Waals surface area contributed by atoms with Crippen molar-refractivity contribution in [2.45, 2.75) is 18.7 Å². The zero-order valence-electron chi connectivity index (χ0n) is 17.2. The van der Waals surface area contributed by atoms with E-state index in [1.165, 1.54) is 50.4 Å². The Hall–Kier alpha value is -3.72. The molecule has 8 nitrogen and oxygen atoms in total. The summed E-state index contributed by atoms with van der Waals surface area (Å²) in [6.07, 6.45) is 0. The quantitative estimate of drug-likeness (QED) is 0.455. The zero-order valence-corrected chi connectivity index (χ0v) is 18.0. The van der Waals surface area contributed by atoms with Crippen molar-refractivity contribution in [3.8, 4) is 0 Å². The predicted molar refractivity (Wildman–Crippen MR) is 119 cm³/mol. The second-order valence-corrected chi connectivity index (χ2v) is 8.97. The molecule has 3 aromatic rings. The Morgan fingerprint density at radius 1 is 1.00 bits per heavy atom. The minimum Gasteiger partial charge on any atom is -0.321 e. The van der Waals surface area contributed by atoms with Crippen LogP contribution in [0.4, 0.5) is 17.1 Å². The first kappa shape index (κ1) is 22.0. The zero-order chi connectivity index (χ0) is 22.8. The van der Waals surface area contributed by atoms with E-state index in [1.807, 2.05) is 13.0 Å². The molecule has 0 radical (unpaired) electrons. The topological polar surface area (TPSA) is 110 Å². The second-order valence-electron chi connectivity index (χ2n) is 7.00. The van der Waals surface area contributed by atoms with Gasteiger partial charge in [0.1, 0.15) is 0 Å². The van der Waals surface area contributed by atoms with E-state index < -0.39 is 20.9 Å². The molecule has 0 heterocycles. The molecule has 3 rings (SSSR count). The van der Waals surface area contributed by atoms with E-state index >= 15 is 0 Å². The minimum atomic E-state index is -3.90. The van der Waals surface area contributed by atoms with Gasteiger partial charge in [-0.05, 0) is 55.8 Å². The van der Waals surface area contributed by atoms with Gasteiger partial charge in [-0.3, -0.25) is 19.2 Å². The van der Waals surface area contributed by atoms with Gasteiger partial charge in [0, 0.05) is 18.7 Å². The van der Waals surface area contributed by atoms with Gasteiger partial charge in [-0.15, -0.1) is 0 Å². The summed E-state index contributed by atoms with van der Waals surface area (Å²) >= 11 is 0. The molecular formula is C22H21N3O5S. The van der Waals surface area contributed by atoms with Gasteiger partial charge in [0.25, 0.3) is 21.6 Å². The summed E-state index contributed by atoms with van der Waals surface area (Å²) < 4.78 is 27.3. The number of carbonyl (C=O) groups excluding carboxylic acids is 1. The number of nitrogens with one attached hydrogen (secondary N) is 1. The normalized spacial score (nSPS) is 11.1. The maximum absolute atomic E-state index is 13.1. The summed E-state index contributed by atoms with van der Waals surface area (Å²) in [4.78, 5) is 23.3. The Morgan fingerprint density at radius 3 is 2.35 bits per heavy atom. The van der Waals surface area contributed by atoms with Crippen LogP contribution in [-0.2, 0) is 10.0 Å². The molecule has 0 aliphatic heterocycles. The highest BCUT2D eigenvalue weighted by Crippen LogP contribution is 2.26. The number of sulfonamides is 1. The standard InChI is InChI=1S/C22H21N3O5S/c1-15-7-4-9-18(13-15)24(3)31(29,30)19-10-5-8-17(14-19)22(26)23-20-11-6-12-21(16(20)2)25(27)28/h4-14H,1-3H3,(H,23,26). The highest BCUT2D eigenvalue weighted by molar-refractivity contribution is 7.92. The smallest absolute Gasteiger partial charge is 0.274 e. The van der Waals surface area contributed by atoms with Crippen molar-refractivity contribution in [2.75, 3.05) is 16.7 Å². The summed E-state index contributed by atoms with van der Waals surface area (Å²) in [6, 6.07) is 17.1. The molecule has 1 N–H and O–H groups in total. The van der Waals surface area contributed by atoms with Crippen molar-refractivity contribution in [2.24, 2.45) is 0 Å². The fraction of sp³-hybridized carbons (Fsp3) is 0.136. The lowest BCUT2D eigenvalue weighted by molar-refractivity contribution is -0.385. The van der Waals surface area contributed by atoms with Gasteiger partial charge >= 0.3 is 0 Å². The molecule has 1 amide bonds.